The highest BCUT2D eigenvalue weighted by Crippen LogP contribution is 2.68. The standard InChI is InChI=1S/C26H45NO9S2/c1-16(4-7-23(29)27-12-13-37(30,31)32)19-5-6-20-24-21(9-11-26(19,20)3)25(2)10-8-18(36-38(33,34)35)14-17(25)15-22(24)28/h16-22,24,28H,4-15H2,1-3H3,(H,27,29)(H,30,31,32)(H,33,34,35)/t16-,17+,18-,19-,20?,21?,22?,24?,25+,26-/m1/s1. The second kappa shape index (κ2) is 10.9. The number of carbonyl (C=O) groups is 1. The number of rotatable bonds is 9. The van der Waals surface area contributed by atoms with Crippen LogP contribution in [-0.2, 0) is 29.5 Å². The SMILES string of the molecule is C[C@H](CCC(=O)NCCS(=O)(=O)O)[C@H]1CCC2C3C(O)C[C@@H]4C[C@H](OS(=O)(=O)O)CC[C@]4(C)C3CC[C@@]21C. The molecular formula is C26H45NO9S2. The Kier molecular flexibility index (Phi) is 8.65. The summed E-state index contributed by atoms with van der Waals surface area (Å²) in [5.74, 6) is 1.17. The van der Waals surface area contributed by atoms with E-state index in [4.69, 9.17) is 13.3 Å². The Balaban J connectivity index is 1.39. The molecule has 0 aromatic heterocycles. The molecule has 4 N–H and O–H groups in total. The quantitative estimate of drug-likeness (QED) is 0.300. The Morgan fingerprint density at radius 2 is 1.66 bits per heavy atom. The molecule has 4 rings (SSSR count). The van der Waals surface area contributed by atoms with E-state index in [9.17, 15) is 26.7 Å². The van der Waals surface area contributed by atoms with Gasteiger partial charge in [0.15, 0.2) is 0 Å². The van der Waals surface area contributed by atoms with E-state index >= 15 is 0 Å². The van der Waals surface area contributed by atoms with E-state index in [1.54, 1.807) is 0 Å². The molecule has 4 unspecified atom stereocenters. The van der Waals surface area contributed by atoms with Crippen LogP contribution in [-0.4, -0.2) is 61.5 Å². The largest absolute Gasteiger partial charge is 0.397 e. The summed E-state index contributed by atoms with van der Waals surface area (Å²) >= 11 is 0. The molecule has 0 aromatic carbocycles. The van der Waals surface area contributed by atoms with Crippen LogP contribution in [0.15, 0.2) is 0 Å². The zero-order chi connectivity index (χ0) is 28.1. The lowest BCUT2D eigenvalue weighted by Crippen LogP contribution is -2.58. The molecule has 0 spiro atoms. The van der Waals surface area contributed by atoms with E-state index in [0.29, 0.717) is 55.8 Å². The minimum Gasteiger partial charge on any atom is -0.393 e. The number of fused-ring (bicyclic) bond motifs is 5. The molecule has 0 radical (unpaired) electrons. The summed E-state index contributed by atoms with van der Waals surface area (Å²) in [7, 11) is -8.59. The number of aliphatic hydroxyl groups excluding tert-OH is 1. The predicted octanol–water partition coefficient (Wildman–Crippen LogP) is 3.22. The molecule has 4 aliphatic carbocycles. The molecule has 10 nitrogen and oxygen atoms in total. The van der Waals surface area contributed by atoms with E-state index in [1.807, 2.05) is 0 Å². The van der Waals surface area contributed by atoms with Gasteiger partial charge in [-0.2, -0.15) is 16.8 Å². The van der Waals surface area contributed by atoms with Crippen LogP contribution in [0.4, 0.5) is 0 Å². The van der Waals surface area contributed by atoms with Crippen molar-refractivity contribution in [3.63, 3.8) is 0 Å². The zero-order valence-corrected chi connectivity index (χ0v) is 24.3. The van der Waals surface area contributed by atoms with Crippen molar-refractivity contribution in [1.82, 2.24) is 5.32 Å². The molecule has 0 bridgehead atoms. The lowest BCUT2D eigenvalue weighted by atomic mass is 9.43. The summed E-state index contributed by atoms with van der Waals surface area (Å²) in [6.45, 7) is 6.77. The molecule has 10 atom stereocenters. The summed E-state index contributed by atoms with van der Waals surface area (Å²) in [4.78, 5) is 12.2. The van der Waals surface area contributed by atoms with Crippen LogP contribution in [0.5, 0.6) is 0 Å². The van der Waals surface area contributed by atoms with Crippen molar-refractivity contribution in [2.75, 3.05) is 12.3 Å². The highest BCUT2D eigenvalue weighted by Gasteiger charge is 2.63. The van der Waals surface area contributed by atoms with E-state index in [2.05, 4.69) is 26.1 Å². The molecule has 12 heteroatoms. The first-order valence-electron chi connectivity index (χ1n) is 14.1. The van der Waals surface area contributed by atoms with Gasteiger partial charge in [-0.15, -0.1) is 0 Å². The zero-order valence-electron chi connectivity index (χ0n) is 22.7. The van der Waals surface area contributed by atoms with Crippen LogP contribution in [0.25, 0.3) is 0 Å². The fourth-order valence-electron chi connectivity index (χ4n) is 9.39. The van der Waals surface area contributed by atoms with Crippen LogP contribution in [0.1, 0.15) is 85.0 Å². The summed E-state index contributed by atoms with van der Waals surface area (Å²) in [5.41, 5.74) is 0.0889. The summed E-state index contributed by atoms with van der Waals surface area (Å²) in [6, 6.07) is 0. The third-order valence-electron chi connectivity index (χ3n) is 11.2. The molecule has 0 aromatic rings. The van der Waals surface area contributed by atoms with Crippen LogP contribution in [0, 0.1) is 46.3 Å². The van der Waals surface area contributed by atoms with Crippen molar-refractivity contribution in [2.24, 2.45) is 46.3 Å². The fraction of sp³-hybridized carbons (Fsp3) is 0.962. The first kappa shape index (κ1) is 30.2. The van der Waals surface area contributed by atoms with Crippen molar-refractivity contribution in [3.05, 3.63) is 0 Å². The van der Waals surface area contributed by atoms with Crippen LogP contribution >= 0.6 is 0 Å². The molecule has 0 aliphatic heterocycles. The first-order valence-corrected chi connectivity index (χ1v) is 17.1. The highest BCUT2D eigenvalue weighted by atomic mass is 32.3. The number of amides is 1. The molecular weight excluding hydrogens is 534 g/mol. The van der Waals surface area contributed by atoms with Gasteiger partial charge < -0.3 is 10.4 Å². The minimum atomic E-state index is -4.50. The van der Waals surface area contributed by atoms with Crippen molar-refractivity contribution < 1.29 is 40.0 Å². The van der Waals surface area contributed by atoms with Gasteiger partial charge in [0.2, 0.25) is 5.91 Å². The van der Waals surface area contributed by atoms with Gasteiger partial charge in [-0.05, 0) is 104 Å². The molecule has 0 heterocycles. The number of carbonyl (C=O) groups excluding carboxylic acids is 1. The van der Waals surface area contributed by atoms with Gasteiger partial charge in [-0.1, -0.05) is 20.8 Å². The van der Waals surface area contributed by atoms with Gasteiger partial charge >= 0.3 is 10.4 Å². The average Bonchev–Trinajstić information content (AvgIpc) is 3.14. The summed E-state index contributed by atoms with van der Waals surface area (Å²) in [5, 5.41) is 14.0. The Morgan fingerprint density at radius 1 is 1.00 bits per heavy atom. The normalized spacial score (nSPS) is 42.0. The monoisotopic (exact) mass is 579 g/mol. The highest BCUT2D eigenvalue weighted by molar-refractivity contribution is 7.85. The Hall–Kier alpha value is -0.790. The summed E-state index contributed by atoms with van der Waals surface area (Å²) < 4.78 is 67.2. The lowest BCUT2D eigenvalue weighted by Gasteiger charge is -2.62. The van der Waals surface area contributed by atoms with Crippen molar-refractivity contribution in [2.45, 2.75) is 97.2 Å². The second-order valence-electron chi connectivity index (χ2n) is 13.1. The molecule has 4 saturated carbocycles. The maximum atomic E-state index is 12.2. The van der Waals surface area contributed by atoms with E-state index in [1.165, 1.54) is 0 Å². The number of hydrogen-bond donors (Lipinski definition) is 4. The van der Waals surface area contributed by atoms with Crippen LogP contribution < -0.4 is 5.32 Å². The Morgan fingerprint density at radius 3 is 2.32 bits per heavy atom. The van der Waals surface area contributed by atoms with Gasteiger partial charge in [-0.3, -0.25) is 13.9 Å². The molecule has 0 saturated heterocycles. The van der Waals surface area contributed by atoms with Crippen LogP contribution in [0.2, 0.25) is 0 Å². The van der Waals surface area contributed by atoms with E-state index in [0.717, 1.165) is 32.1 Å². The van der Waals surface area contributed by atoms with Gasteiger partial charge in [-0.25, -0.2) is 4.18 Å². The van der Waals surface area contributed by atoms with E-state index in [-0.39, 0.29) is 35.1 Å². The van der Waals surface area contributed by atoms with Crippen molar-refractivity contribution >= 4 is 26.4 Å². The Labute approximate surface area is 227 Å². The minimum absolute atomic E-state index is 0.00808. The van der Waals surface area contributed by atoms with E-state index < -0.39 is 38.5 Å². The molecule has 38 heavy (non-hydrogen) atoms. The fourth-order valence-corrected chi connectivity index (χ4v) is 10.3. The third kappa shape index (κ3) is 6.25. The Bertz CT molecular complexity index is 1100. The first-order chi connectivity index (χ1) is 17.5. The van der Waals surface area contributed by atoms with Gasteiger partial charge in [0.1, 0.15) is 0 Å². The second-order valence-corrected chi connectivity index (χ2v) is 15.7. The van der Waals surface area contributed by atoms with Gasteiger partial charge in [0, 0.05) is 13.0 Å². The number of nitrogens with one attached hydrogen (secondary N) is 1. The maximum Gasteiger partial charge on any atom is 0.397 e. The van der Waals surface area contributed by atoms with Gasteiger partial charge in [0.25, 0.3) is 10.1 Å². The lowest BCUT2D eigenvalue weighted by molar-refractivity contribution is -0.172. The van der Waals surface area contributed by atoms with Crippen molar-refractivity contribution in [1.29, 1.82) is 0 Å². The molecule has 1 amide bonds. The summed E-state index contributed by atoms with van der Waals surface area (Å²) in [6.07, 6.45) is 6.79. The van der Waals surface area contributed by atoms with Gasteiger partial charge in [0.05, 0.1) is 18.0 Å². The molecule has 4 aliphatic rings. The van der Waals surface area contributed by atoms with Crippen LogP contribution in [0.3, 0.4) is 0 Å². The van der Waals surface area contributed by atoms with Crippen molar-refractivity contribution in [3.8, 4) is 0 Å². The average molecular weight is 580 g/mol. The maximum absolute atomic E-state index is 12.2. The third-order valence-corrected chi connectivity index (χ3v) is 12.4. The molecule has 4 fully saturated rings. The number of hydrogen-bond acceptors (Lipinski definition) is 7. The smallest absolute Gasteiger partial charge is 0.393 e. The molecule has 220 valence electrons. The number of aliphatic hydroxyl groups is 1. The predicted molar refractivity (Wildman–Crippen MR) is 141 cm³/mol. The topological polar surface area (TPSA) is 167 Å².